The van der Waals surface area contributed by atoms with Gasteiger partial charge in [-0.3, -0.25) is 4.79 Å². The Bertz CT molecular complexity index is 275. The predicted octanol–water partition coefficient (Wildman–Crippen LogP) is 2.12. The summed E-state index contributed by atoms with van der Waals surface area (Å²) < 4.78 is 0. The predicted molar refractivity (Wildman–Crippen MR) is 69.4 cm³/mol. The Morgan fingerprint density at radius 1 is 1.28 bits per heavy atom. The van der Waals surface area contributed by atoms with Crippen LogP contribution in [-0.2, 0) is 4.79 Å². The smallest absolute Gasteiger partial charge is 0.315 e. The topological polar surface area (TPSA) is 78.4 Å². The van der Waals surface area contributed by atoms with E-state index in [2.05, 4.69) is 17.6 Å². The lowest BCUT2D eigenvalue weighted by Gasteiger charge is -2.20. The molecule has 1 rings (SSSR count). The highest BCUT2D eigenvalue weighted by Crippen LogP contribution is 2.27. The van der Waals surface area contributed by atoms with Crippen LogP contribution in [0.3, 0.4) is 0 Å². The van der Waals surface area contributed by atoms with Crippen LogP contribution in [0.1, 0.15) is 51.9 Å². The highest BCUT2D eigenvalue weighted by atomic mass is 16.4. The van der Waals surface area contributed by atoms with E-state index in [1.807, 2.05) is 0 Å². The first-order chi connectivity index (χ1) is 8.59. The van der Waals surface area contributed by atoms with Crippen molar-refractivity contribution in [3.8, 4) is 0 Å². The van der Waals surface area contributed by atoms with Crippen LogP contribution in [0.25, 0.3) is 0 Å². The molecule has 18 heavy (non-hydrogen) atoms. The quantitative estimate of drug-likeness (QED) is 0.610. The molecule has 2 amide bonds. The molecule has 5 nitrogen and oxygen atoms in total. The zero-order chi connectivity index (χ0) is 13.4. The van der Waals surface area contributed by atoms with Gasteiger partial charge in [-0.2, -0.15) is 0 Å². The lowest BCUT2D eigenvalue weighted by atomic mass is 10.0. The van der Waals surface area contributed by atoms with E-state index >= 15 is 0 Å². The summed E-state index contributed by atoms with van der Waals surface area (Å²) >= 11 is 0. The number of hydrogen-bond acceptors (Lipinski definition) is 2. The van der Waals surface area contributed by atoms with Crippen LogP contribution in [0.5, 0.6) is 0 Å². The van der Waals surface area contributed by atoms with Gasteiger partial charge in [-0.1, -0.05) is 12.8 Å². The van der Waals surface area contributed by atoms with E-state index < -0.39 is 5.97 Å². The van der Waals surface area contributed by atoms with Gasteiger partial charge in [-0.25, -0.2) is 4.79 Å². The molecule has 0 radical (unpaired) electrons. The van der Waals surface area contributed by atoms with Crippen molar-refractivity contribution in [2.45, 2.75) is 57.9 Å². The highest BCUT2D eigenvalue weighted by Gasteiger charge is 2.22. The van der Waals surface area contributed by atoms with E-state index in [0.29, 0.717) is 25.3 Å². The van der Waals surface area contributed by atoms with Gasteiger partial charge >= 0.3 is 12.0 Å². The van der Waals surface area contributed by atoms with E-state index in [0.717, 1.165) is 0 Å². The number of carbonyl (C=O) groups is 2. The number of rotatable bonds is 7. The third kappa shape index (κ3) is 5.89. The summed E-state index contributed by atoms with van der Waals surface area (Å²) in [5.74, 6) is -0.169. The van der Waals surface area contributed by atoms with Crippen molar-refractivity contribution >= 4 is 12.0 Å². The van der Waals surface area contributed by atoms with Crippen molar-refractivity contribution in [1.82, 2.24) is 10.6 Å². The van der Waals surface area contributed by atoms with Crippen molar-refractivity contribution in [2.24, 2.45) is 5.92 Å². The fraction of sp³-hybridized carbons (Fsp3) is 0.846. The van der Waals surface area contributed by atoms with Crippen LogP contribution in [0.4, 0.5) is 4.79 Å². The third-order valence-corrected chi connectivity index (χ3v) is 3.57. The van der Waals surface area contributed by atoms with Crippen LogP contribution in [-0.4, -0.2) is 29.7 Å². The van der Waals surface area contributed by atoms with Gasteiger partial charge in [0.2, 0.25) is 0 Å². The Morgan fingerprint density at radius 3 is 2.56 bits per heavy atom. The molecule has 1 atom stereocenters. The molecule has 0 bridgehead atoms. The van der Waals surface area contributed by atoms with Gasteiger partial charge in [-0.05, 0) is 38.5 Å². The molecule has 1 saturated carbocycles. The fourth-order valence-electron chi connectivity index (χ4n) is 2.44. The molecule has 3 N–H and O–H groups in total. The maximum atomic E-state index is 11.6. The fourth-order valence-corrected chi connectivity index (χ4v) is 2.44. The molecule has 0 aromatic heterocycles. The Hall–Kier alpha value is -1.26. The van der Waals surface area contributed by atoms with Crippen molar-refractivity contribution < 1.29 is 14.7 Å². The maximum absolute atomic E-state index is 11.6. The second-order valence-corrected chi connectivity index (χ2v) is 5.08. The van der Waals surface area contributed by atoms with Gasteiger partial charge in [0.25, 0.3) is 0 Å². The Kier molecular flexibility index (Phi) is 6.54. The van der Waals surface area contributed by atoms with Crippen LogP contribution >= 0.6 is 0 Å². The van der Waals surface area contributed by atoms with Crippen molar-refractivity contribution in [2.75, 3.05) is 6.54 Å². The number of nitrogens with one attached hydrogen (secondary N) is 2. The van der Waals surface area contributed by atoms with E-state index in [-0.39, 0.29) is 18.5 Å². The monoisotopic (exact) mass is 256 g/mol. The molecule has 0 aromatic rings. The molecule has 5 heteroatoms. The van der Waals surface area contributed by atoms with Gasteiger partial charge < -0.3 is 15.7 Å². The Morgan fingerprint density at radius 2 is 1.94 bits per heavy atom. The third-order valence-electron chi connectivity index (χ3n) is 3.57. The van der Waals surface area contributed by atoms with Crippen LogP contribution in [0, 0.1) is 5.92 Å². The number of urea groups is 1. The highest BCUT2D eigenvalue weighted by molar-refractivity contribution is 5.74. The summed E-state index contributed by atoms with van der Waals surface area (Å²) in [5.41, 5.74) is 0. The summed E-state index contributed by atoms with van der Waals surface area (Å²) in [7, 11) is 0. The number of unbranched alkanes of at least 4 members (excludes halogenated alkanes) is 1. The molecule has 104 valence electrons. The summed E-state index contributed by atoms with van der Waals surface area (Å²) in [6.07, 6.45) is 6.44. The van der Waals surface area contributed by atoms with Crippen molar-refractivity contribution in [3.05, 3.63) is 0 Å². The molecule has 1 aliphatic rings. The number of aliphatic carboxylic acids is 1. The number of carboxylic acids is 1. The molecular weight excluding hydrogens is 232 g/mol. The van der Waals surface area contributed by atoms with Gasteiger partial charge in [0.05, 0.1) is 0 Å². The average Bonchev–Trinajstić information content (AvgIpc) is 2.81. The summed E-state index contributed by atoms with van der Waals surface area (Å²) in [6.45, 7) is 2.59. The Balaban J connectivity index is 2.04. The first kappa shape index (κ1) is 14.8. The maximum Gasteiger partial charge on any atom is 0.315 e. The molecule has 1 aliphatic carbocycles. The first-order valence-corrected chi connectivity index (χ1v) is 6.85. The normalized spacial score (nSPS) is 17.4. The largest absolute Gasteiger partial charge is 0.481 e. The molecule has 0 heterocycles. The van der Waals surface area contributed by atoms with Crippen molar-refractivity contribution in [3.63, 3.8) is 0 Å². The van der Waals surface area contributed by atoms with E-state index in [9.17, 15) is 9.59 Å². The second-order valence-electron chi connectivity index (χ2n) is 5.08. The second kappa shape index (κ2) is 7.95. The van der Waals surface area contributed by atoms with Crippen LogP contribution in [0.2, 0.25) is 0 Å². The zero-order valence-electron chi connectivity index (χ0n) is 11.1. The minimum atomic E-state index is -0.783. The molecule has 1 fully saturated rings. The molecule has 0 saturated heterocycles. The van der Waals surface area contributed by atoms with Gasteiger partial charge in [-0.15, -0.1) is 0 Å². The molecule has 0 aromatic carbocycles. The summed E-state index contributed by atoms with van der Waals surface area (Å²) in [4.78, 5) is 21.9. The first-order valence-electron chi connectivity index (χ1n) is 6.85. The van der Waals surface area contributed by atoms with Gasteiger partial charge in [0.15, 0.2) is 0 Å². The summed E-state index contributed by atoms with van der Waals surface area (Å²) in [5, 5.41) is 14.2. The number of amides is 2. The van der Waals surface area contributed by atoms with Crippen LogP contribution < -0.4 is 10.6 Å². The van der Waals surface area contributed by atoms with Gasteiger partial charge in [0.1, 0.15) is 0 Å². The lowest BCUT2D eigenvalue weighted by molar-refractivity contribution is -0.137. The standard InChI is InChI=1S/C13H24N2O3/c1-10(11-6-2-3-7-11)15-13(18)14-9-5-4-8-12(16)17/h10-11H,2-9H2,1H3,(H,16,17)(H2,14,15,18). The van der Waals surface area contributed by atoms with Gasteiger partial charge in [0, 0.05) is 19.0 Å². The summed E-state index contributed by atoms with van der Waals surface area (Å²) in [6, 6.07) is 0.0937. The molecular formula is C13H24N2O3. The molecule has 1 unspecified atom stereocenters. The van der Waals surface area contributed by atoms with Crippen molar-refractivity contribution in [1.29, 1.82) is 0 Å². The molecule has 0 aliphatic heterocycles. The van der Waals surface area contributed by atoms with E-state index in [1.165, 1.54) is 25.7 Å². The SMILES string of the molecule is CC(NC(=O)NCCCCC(=O)O)C1CCCC1. The van der Waals surface area contributed by atoms with E-state index in [1.54, 1.807) is 0 Å². The van der Waals surface area contributed by atoms with E-state index in [4.69, 9.17) is 5.11 Å². The minimum absolute atomic E-state index is 0.135. The lowest BCUT2D eigenvalue weighted by Crippen LogP contribution is -2.43. The number of hydrogen-bond donors (Lipinski definition) is 3. The number of carbonyl (C=O) groups excluding carboxylic acids is 1. The van der Waals surface area contributed by atoms with Crippen LogP contribution in [0.15, 0.2) is 0 Å². The average molecular weight is 256 g/mol. The molecule has 0 spiro atoms. The number of carboxylic acid groups (broad SMARTS) is 1. The zero-order valence-corrected chi connectivity index (χ0v) is 11.1. The minimum Gasteiger partial charge on any atom is -0.481 e. The Labute approximate surface area is 108 Å².